The standard InChI is InChI=1S/C15H12BrNO4/c16-12-8-4-7-11(15(19)20)14(12)21-9-13(18)17-10-5-2-1-3-6-10/h1-8H,9H2,(H,17,18)(H,19,20). The van der Waals surface area contributed by atoms with Gasteiger partial charge in [0.05, 0.1) is 4.47 Å². The molecule has 0 saturated heterocycles. The first-order valence-corrected chi connectivity index (χ1v) is 6.86. The summed E-state index contributed by atoms with van der Waals surface area (Å²) in [5.41, 5.74) is 0.647. The molecule has 108 valence electrons. The van der Waals surface area contributed by atoms with E-state index in [1.165, 1.54) is 6.07 Å². The van der Waals surface area contributed by atoms with Gasteiger partial charge in [0.25, 0.3) is 5.91 Å². The number of carboxylic acid groups (broad SMARTS) is 1. The number of ether oxygens (including phenoxy) is 1. The van der Waals surface area contributed by atoms with Gasteiger partial charge in [-0.15, -0.1) is 0 Å². The van der Waals surface area contributed by atoms with Crippen molar-refractivity contribution in [3.63, 3.8) is 0 Å². The number of para-hydroxylation sites is 2. The van der Waals surface area contributed by atoms with Crippen LogP contribution in [0.25, 0.3) is 0 Å². The zero-order valence-electron chi connectivity index (χ0n) is 10.9. The van der Waals surface area contributed by atoms with Gasteiger partial charge in [0.2, 0.25) is 0 Å². The van der Waals surface area contributed by atoms with Crippen molar-refractivity contribution < 1.29 is 19.4 Å². The Hall–Kier alpha value is -2.34. The first kappa shape index (κ1) is 15.1. The number of carboxylic acids is 1. The van der Waals surface area contributed by atoms with Crippen molar-refractivity contribution >= 4 is 33.5 Å². The molecule has 2 aromatic carbocycles. The predicted octanol–water partition coefficient (Wildman–Crippen LogP) is 3.16. The van der Waals surface area contributed by atoms with Crippen LogP contribution in [0.2, 0.25) is 0 Å². The summed E-state index contributed by atoms with van der Waals surface area (Å²) in [5.74, 6) is -1.35. The molecule has 6 heteroatoms. The van der Waals surface area contributed by atoms with E-state index in [9.17, 15) is 9.59 Å². The normalized spacial score (nSPS) is 9.95. The van der Waals surface area contributed by atoms with Crippen LogP contribution in [0.15, 0.2) is 53.0 Å². The number of nitrogens with one attached hydrogen (secondary N) is 1. The quantitative estimate of drug-likeness (QED) is 0.869. The molecule has 0 aromatic heterocycles. The first-order valence-electron chi connectivity index (χ1n) is 6.07. The van der Waals surface area contributed by atoms with E-state index in [-0.39, 0.29) is 23.8 Å². The third-order valence-corrected chi connectivity index (χ3v) is 3.23. The Balaban J connectivity index is 2.03. The molecule has 0 fully saturated rings. The number of rotatable bonds is 5. The number of aromatic carboxylic acids is 1. The van der Waals surface area contributed by atoms with E-state index < -0.39 is 5.97 Å². The van der Waals surface area contributed by atoms with Gasteiger partial charge < -0.3 is 15.2 Å². The average molecular weight is 350 g/mol. The van der Waals surface area contributed by atoms with Crippen molar-refractivity contribution in [2.24, 2.45) is 0 Å². The molecule has 0 spiro atoms. The molecule has 0 aliphatic rings. The average Bonchev–Trinajstić information content (AvgIpc) is 2.46. The fourth-order valence-electron chi connectivity index (χ4n) is 1.68. The van der Waals surface area contributed by atoms with Gasteiger partial charge in [0.1, 0.15) is 11.3 Å². The van der Waals surface area contributed by atoms with Crippen LogP contribution in [-0.2, 0) is 4.79 Å². The summed E-state index contributed by atoms with van der Waals surface area (Å²) >= 11 is 3.21. The summed E-state index contributed by atoms with van der Waals surface area (Å²) in [6.45, 7) is -0.280. The minimum atomic E-state index is -1.12. The van der Waals surface area contributed by atoms with Crippen molar-refractivity contribution in [2.75, 3.05) is 11.9 Å². The molecule has 21 heavy (non-hydrogen) atoms. The maximum atomic E-state index is 11.8. The van der Waals surface area contributed by atoms with Crippen molar-refractivity contribution in [1.82, 2.24) is 0 Å². The SMILES string of the molecule is O=C(COc1c(Br)cccc1C(=O)O)Nc1ccccc1. The molecule has 0 aliphatic heterocycles. The third kappa shape index (κ3) is 4.06. The summed E-state index contributed by atoms with van der Waals surface area (Å²) in [6, 6.07) is 13.6. The second kappa shape index (κ2) is 6.90. The van der Waals surface area contributed by atoms with Crippen molar-refractivity contribution in [3.05, 3.63) is 58.6 Å². The summed E-state index contributed by atoms with van der Waals surface area (Å²) < 4.78 is 5.80. The van der Waals surface area contributed by atoms with E-state index in [4.69, 9.17) is 9.84 Å². The topological polar surface area (TPSA) is 75.6 Å². The van der Waals surface area contributed by atoms with Crippen LogP contribution < -0.4 is 10.1 Å². The lowest BCUT2D eigenvalue weighted by Gasteiger charge is -2.11. The predicted molar refractivity (Wildman–Crippen MR) is 81.7 cm³/mol. The number of carbonyl (C=O) groups excluding carboxylic acids is 1. The molecule has 2 N–H and O–H groups in total. The van der Waals surface area contributed by atoms with Gasteiger partial charge in [-0.05, 0) is 40.2 Å². The van der Waals surface area contributed by atoms with E-state index in [1.807, 2.05) is 6.07 Å². The summed E-state index contributed by atoms with van der Waals surface area (Å²) in [4.78, 5) is 22.9. The van der Waals surface area contributed by atoms with Crippen LogP contribution in [0, 0.1) is 0 Å². The van der Waals surface area contributed by atoms with Gasteiger partial charge in [-0.2, -0.15) is 0 Å². The van der Waals surface area contributed by atoms with Crippen LogP contribution in [0.4, 0.5) is 5.69 Å². The molecule has 0 heterocycles. The molecule has 5 nitrogen and oxygen atoms in total. The van der Waals surface area contributed by atoms with Gasteiger partial charge in [-0.3, -0.25) is 4.79 Å². The van der Waals surface area contributed by atoms with Crippen molar-refractivity contribution in [3.8, 4) is 5.75 Å². The second-order valence-electron chi connectivity index (χ2n) is 4.12. The Bertz CT molecular complexity index is 658. The second-order valence-corrected chi connectivity index (χ2v) is 4.98. The molecule has 1 amide bonds. The Kier molecular flexibility index (Phi) is 4.94. The number of hydrogen-bond donors (Lipinski definition) is 2. The van der Waals surface area contributed by atoms with Crippen LogP contribution in [-0.4, -0.2) is 23.6 Å². The van der Waals surface area contributed by atoms with Gasteiger partial charge in [0.15, 0.2) is 6.61 Å². The molecule has 0 unspecified atom stereocenters. The van der Waals surface area contributed by atoms with E-state index in [0.717, 1.165) is 0 Å². The Morgan fingerprint density at radius 2 is 1.81 bits per heavy atom. The highest BCUT2D eigenvalue weighted by Crippen LogP contribution is 2.29. The highest BCUT2D eigenvalue weighted by Gasteiger charge is 2.15. The van der Waals surface area contributed by atoms with E-state index in [0.29, 0.717) is 10.2 Å². The lowest BCUT2D eigenvalue weighted by molar-refractivity contribution is -0.118. The van der Waals surface area contributed by atoms with E-state index in [1.54, 1.807) is 36.4 Å². The first-order chi connectivity index (χ1) is 10.1. The summed E-state index contributed by atoms with van der Waals surface area (Å²) in [6.07, 6.45) is 0. The largest absolute Gasteiger partial charge is 0.482 e. The molecule has 0 saturated carbocycles. The Morgan fingerprint density at radius 1 is 1.10 bits per heavy atom. The van der Waals surface area contributed by atoms with Gasteiger partial charge in [0, 0.05) is 5.69 Å². The summed E-state index contributed by atoms with van der Waals surface area (Å²) in [7, 11) is 0. The lowest BCUT2D eigenvalue weighted by atomic mass is 10.2. The molecule has 2 rings (SSSR count). The van der Waals surface area contributed by atoms with Gasteiger partial charge >= 0.3 is 5.97 Å². The smallest absolute Gasteiger partial charge is 0.339 e. The van der Waals surface area contributed by atoms with Crippen molar-refractivity contribution in [1.29, 1.82) is 0 Å². The molecule has 0 atom stereocenters. The number of halogens is 1. The van der Waals surface area contributed by atoms with Crippen LogP contribution in [0.1, 0.15) is 10.4 Å². The fourth-order valence-corrected chi connectivity index (χ4v) is 2.16. The number of benzene rings is 2. The lowest BCUT2D eigenvalue weighted by Crippen LogP contribution is -2.21. The minimum Gasteiger partial charge on any atom is -0.482 e. The maximum Gasteiger partial charge on any atom is 0.339 e. The number of amides is 1. The van der Waals surface area contributed by atoms with Crippen LogP contribution >= 0.6 is 15.9 Å². The molecule has 0 bridgehead atoms. The molecule has 2 aromatic rings. The number of carbonyl (C=O) groups is 2. The molecule has 0 aliphatic carbocycles. The highest BCUT2D eigenvalue weighted by atomic mass is 79.9. The number of hydrogen-bond acceptors (Lipinski definition) is 3. The Morgan fingerprint density at radius 3 is 2.48 bits per heavy atom. The van der Waals surface area contributed by atoms with Crippen molar-refractivity contribution in [2.45, 2.75) is 0 Å². The molecule has 0 radical (unpaired) electrons. The van der Waals surface area contributed by atoms with Crippen LogP contribution in [0.3, 0.4) is 0 Å². The fraction of sp³-hybridized carbons (Fsp3) is 0.0667. The maximum absolute atomic E-state index is 11.8. The zero-order chi connectivity index (χ0) is 15.2. The van der Waals surface area contributed by atoms with Gasteiger partial charge in [-0.1, -0.05) is 24.3 Å². The zero-order valence-corrected chi connectivity index (χ0v) is 12.5. The minimum absolute atomic E-state index is 0.00288. The van der Waals surface area contributed by atoms with Gasteiger partial charge in [-0.25, -0.2) is 4.79 Å². The van der Waals surface area contributed by atoms with E-state index in [2.05, 4.69) is 21.2 Å². The monoisotopic (exact) mass is 349 g/mol. The molecular formula is C15H12BrNO4. The highest BCUT2D eigenvalue weighted by molar-refractivity contribution is 9.10. The Labute approximate surface area is 129 Å². The molecular weight excluding hydrogens is 338 g/mol. The number of anilines is 1. The third-order valence-electron chi connectivity index (χ3n) is 2.60. The van der Waals surface area contributed by atoms with Crippen LogP contribution in [0.5, 0.6) is 5.75 Å². The summed E-state index contributed by atoms with van der Waals surface area (Å²) in [5, 5.41) is 11.7. The van der Waals surface area contributed by atoms with E-state index >= 15 is 0 Å².